The zero-order valence-corrected chi connectivity index (χ0v) is 22.0. The van der Waals surface area contributed by atoms with Crippen molar-refractivity contribution in [2.24, 2.45) is 0 Å². The number of fused-ring (bicyclic) bond motifs is 2. The molecule has 0 radical (unpaired) electrons. The number of carbonyl (C=O) groups is 2. The van der Waals surface area contributed by atoms with Crippen molar-refractivity contribution in [1.29, 1.82) is 0 Å². The van der Waals surface area contributed by atoms with Crippen molar-refractivity contribution in [3.8, 4) is 11.8 Å². The summed E-state index contributed by atoms with van der Waals surface area (Å²) in [7, 11) is 0. The molecule has 0 fully saturated rings. The van der Waals surface area contributed by atoms with Crippen LogP contribution in [-0.2, 0) is 30.4 Å². The molecule has 0 bridgehead atoms. The first-order valence-electron chi connectivity index (χ1n) is 12.4. The predicted octanol–water partition coefficient (Wildman–Crippen LogP) is 6.51. The zero-order valence-electron chi connectivity index (χ0n) is 22.0. The van der Waals surface area contributed by atoms with E-state index in [-0.39, 0.29) is 42.6 Å². The van der Waals surface area contributed by atoms with Crippen molar-refractivity contribution >= 4 is 22.8 Å². The lowest BCUT2D eigenvalue weighted by Crippen LogP contribution is -2.33. The number of hydrogen-bond acceptors (Lipinski definition) is 7. The molecule has 0 saturated carbocycles. The Morgan fingerprint density at radius 3 is 2.50 bits per heavy atom. The van der Waals surface area contributed by atoms with E-state index in [1.807, 2.05) is 0 Å². The van der Waals surface area contributed by atoms with Crippen LogP contribution in [0.5, 0.6) is 11.8 Å². The first kappa shape index (κ1) is 27.0. The maximum atomic E-state index is 13.1. The normalized spacial score (nSPS) is 13.3. The average Bonchev–Trinajstić information content (AvgIpc) is 3.33. The molecular formula is C29H25F3N4O4. The molecule has 5 rings (SSSR count). The number of alkyl halides is 3. The molecule has 0 saturated heterocycles. The zero-order chi connectivity index (χ0) is 28.7. The summed E-state index contributed by atoms with van der Waals surface area (Å²) in [6.45, 7) is 5.84. The molecule has 40 heavy (non-hydrogen) atoms. The molecular weight excluding hydrogens is 525 g/mol. The SMILES string of the molecule is CC(C)(C)OC(=O)N1Cc2ncnc(Oc3ccc4c(C(=O)Cc5cccc(C(F)(F)F)c5)cccc4n3)c2C1. The maximum absolute atomic E-state index is 13.1. The van der Waals surface area contributed by atoms with E-state index in [0.717, 1.165) is 12.1 Å². The highest BCUT2D eigenvalue weighted by Gasteiger charge is 2.32. The second-order valence-electron chi connectivity index (χ2n) is 10.4. The fourth-order valence-corrected chi connectivity index (χ4v) is 4.37. The van der Waals surface area contributed by atoms with Crippen LogP contribution in [0.25, 0.3) is 10.9 Å². The summed E-state index contributed by atoms with van der Waals surface area (Å²) in [6.07, 6.45) is -3.81. The summed E-state index contributed by atoms with van der Waals surface area (Å²) in [5.41, 5.74) is 0.907. The van der Waals surface area contributed by atoms with Crippen molar-refractivity contribution in [3.05, 3.63) is 88.9 Å². The Hall–Kier alpha value is -4.54. The molecule has 0 N–H and O–H groups in total. The number of hydrogen-bond donors (Lipinski definition) is 0. The Morgan fingerprint density at radius 1 is 0.975 bits per heavy atom. The quantitative estimate of drug-likeness (QED) is 0.261. The molecule has 0 spiro atoms. The van der Waals surface area contributed by atoms with Crippen molar-refractivity contribution in [1.82, 2.24) is 19.9 Å². The Bertz CT molecular complexity index is 1620. The molecule has 1 aliphatic rings. The Kier molecular flexibility index (Phi) is 6.91. The van der Waals surface area contributed by atoms with E-state index in [0.29, 0.717) is 27.7 Å². The van der Waals surface area contributed by atoms with Crippen LogP contribution in [0.4, 0.5) is 18.0 Å². The Balaban J connectivity index is 1.35. The monoisotopic (exact) mass is 550 g/mol. The van der Waals surface area contributed by atoms with E-state index in [1.54, 1.807) is 51.1 Å². The minimum atomic E-state index is -4.49. The number of amides is 1. The lowest BCUT2D eigenvalue weighted by molar-refractivity contribution is -0.137. The van der Waals surface area contributed by atoms with Gasteiger partial charge >= 0.3 is 12.3 Å². The van der Waals surface area contributed by atoms with Crippen LogP contribution in [0.15, 0.2) is 60.9 Å². The molecule has 0 unspecified atom stereocenters. The third kappa shape index (κ3) is 5.88. The molecule has 11 heteroatoms. The van der Waals surface area contributed by atoms with Crippen LogP contribution in [0.3, 0.4) is 0 Å². The van der Waals surface area contributed by atoms with Gasteiger partial charge in [-0.15, -0.1) is 0 Å². The van der Waals surface area contributed by atoms with Gasteiger partial charge in [-0.2, -0.15) is 13.2 Å². The summed E-state index contributed by atoms with van der Waals surface area (Å²) in [4.78, 5) is 40.1. The highest BCUT2D eigenvalue weighted by atomic mass is 19.4. The topological polar surface area (TPSA) is 94.5 Å². The summed E-state index contributed by atoms with van der Waals surface area (Å²) >= 11 is 0. The van der Waals surface area contributed by atoms with Crippen LogP contribution in [0.1, 0.15) is 53.5 Å². The highest BCUT2D eigenvalue weighted by molar-refractivity contribution is 6.08. The summed E-state index contributed by atoms with van der Waals surface area (Å²) in [5, 5.41) is 0.538. The standard InChI is InChI=1S/C29H25F3N4O4/c1-28(2,3)40-27(38)36-14-21-23(15-36)33-16-34-26(21)39-25-11-10-19-20(8-5-9-22(19)35-25)24(37)13-17-6-4-7-18(12-17)29(30,31)32/h4-12,16H,13-15H2,1-3H3. The largest absolute Gasteiger partial charge is 0.444 e. The lowest BCUT2D eigenvalue weighted by Gasteiger charge is -2.23. The van der Waals surface area contributed by atoms with Crippen molar-refractivity contribution in [2.45, 2.75) is 52.1 Å². The van der Waals surface area contributed by atoms with Crippen molar-refractivity contribution < 1.29 is 32.2 Å². The number of ketones is 1. The van der Waals surface area contributed by atoms with Crippen LogP contribution in [0.2, 0.25) is 0 Å². The van der Waals surface area contributed by atoms with E-state index in [2.05, 4.69) is 15.0 Å². The summed E-state index contributed by atoms with van der Waals surface area (Å²) in [6, 6.07) is 13.0. The number of rotatable bonds is 5. The minimum Gasteiger partial charge on any atom is -0.444 e. The van der Waals surface area contributed by atoms with Gasteiger partial charge in [0.05, 0.1) is 35.4 Å². The fourth-order valence-electron chi connectivity index (χ4n) is 4.37. The number of aromatic nitrogens is 3. The summed E-state index contributed by atoms with van der Waals surface area (Å²) in [5.74, 6) is 0.127. The van der Waals surface area contributed by atoms with Gasteiger partial charge in [0.15, 0.2) is 5.78 Å². The molecule has 8 nitrogen and oxygen atoms in total. The third-order valence-electron chi connectivity index (χ3n) is 6.16. The molecule has 2 aromatic carbocycles. The number of ether oxygens (including phenoxy) is 2. The second-order valence-corrected chi connectivity index (χ2v) is 10.4. The Labute approximate surface area is 227 Å². The van der Waals surface area contributed by atoms with E-state index in [1.165, 1.54) is 23.4 Å². The van der Waals surface area contributed by atoms with E-state index >= 15 is 0 Å². The van der Waals surface area contributed by atoms with Gasteiger partial charge in [-0.3, -0.25) is 9.69 Å². The molecule has 1 amide bonds. The van der Waals surface area contributed by atoms with Gasteiger partial charge in [-0.1, -0.05) is 30.3 Å². The molecule has 0 aliphatic carbocycles. The number of nitrogens with zero attached hydrogens (tertiary/aromatic N) is 4. The molecule has 0 atom stereocenters. The first-order chi connectivity index (χ1) is 18.9. The summed E-state index contributed by atoms with van der Waals surface area (Å²) < 4.78 is 50.7. The number of carbonyl (C=O) groups excluding carboxylic acids is 2. The van der Waals surface area contributed by atoms with Crippen LogP contribution in [0, 0.1) is 0 Å². The third-order valence-corrected chi connectivity index (χ3v) is 6.16. The number of benzene rings is 2. The predicted molar refractivity (Wildman–Crippen MR) is 139 cm³/mol. The average molecular weight is 551 g/mol. The number of pyridine rings is 1. The van der Waals surface area contributed by atoms with E-state index in [4.69, 9.17) is 9.47 Å². The van der Waals surface area contributed by atoms with Crippen LogP contribution in [-0.4, -0.2) is 37.3 Å². The Morgan fingerprint density at radius 2 is 1.75 bits per heavy atom. The van der Waals surface area contributed by atoms with Crippen molar-refractivity contribution in [3.63, 3.8) is 0 Å². The van der Waals surface area contributed by atoms with Gasteiger partial charge in [0.2, 0.25) is 11.8 Å². The first-order valence-corrected chi connectivity index (χ1v) is 12.4. The molecule has 206 valence electrons. The second kappa shape index (κ2) is 10.2. The van der Waals surface area contributed by atoms with Gasteiger partial charge in [-0.05, 0) is 44.5 Å². The fraction of sp³-hybridized carbons (Fsp3) is 0.276. The smallest absolute Gasteiger partial charge is 0.416 e. The van der Waals surface area contributed by atoms with Gasteiger partial charge < -0.3 is 9.47 Å². The van der Waals surface area contributed by atoms with Gasteiger partial charge in [0.25, 0.3) is 0 Å². The molecule has 2 aromatic heterocycles. The van der Waals surface area contributed by atoms with Gasteiger partial charge in [0.1, 0.15) is 11.9 Å². The highest BCUT2D eigenvalue weighted by Crippen LogP contribution is 2.33. The number of Topliss-reactive ketones (excluding diaryl/α,β-unsaturated/α-hetero) is 1. The van der Waals surface area contributed by atoms with Crippen molar-refractivity contribution in [2.75, 3.05) is 0 Å². The molecule has 1 aliphatic heterocycles. The van der Waals surface area contributed by atoms with E-state index in [9.17, 15) is 22.8 Å². The van der Waals surface area contributed by atoms with Crippen LogP contribution >= 0.6 is 0 Å². The van der Waals surface area contributed by atoms with Gasteiger partial charge in [-0.25, -0.2) is 19.7 Å². The van der Waals surface area contributed by atoms with Gasteiger partial charge in [0, 0.05) is 23.4 Å². The number of halogens is 3. The molecule has 4 aromatic rings. The maximum Gasteiger partial charge on any atom is 0.416 e. The van der Waals surface area contributed by atoms with E-state index < -0.39 is 23.4 Å². The van der Waals surface area contributed by atoms with Crippen LogP contribution < -0.4 is 4.74 Å². The minimum absolute atomic E-state index is 0.192. The molecule has 3 heterocycles. The lowest BCUT2D eigenvalue weighted by atomic mass is 9.98.